The van der Waals surface area contributed by atoms with E-state index in [4.69, 9.17) is 19.9 Å². The minimum Gasteiger partial charge on any atom is -0.435 e. The van der Waals surface area contributed by atoms with Crippen LogP contribution in [0.15, 0.2) is 207 Å². The Morgan fingerprint density at radius 2 is 0.630 bits per heavy atom. The van der Waals surface area contributed by atoms with Crippen molar-refractivity contribution >= 4 is 87.2 Å². The van der Waals surface area contributed by atoms with Crippen LogP contribution in [0.3, 0.4) is 0 Å². The molecule has 16 aromatic rings. The van der Waals surface area contributed by atoms with Crippen molar-refractivity contribution in [2.75, 3.05) is 0 Å². The fourth-order valence-corrected chi connectivity index (χ4v) is 13.9. The predicted molar refractivity (Wildman–Crippen MR) is 380 cm³/mol. The van der Waals surface area contributed by atoms with Gasteiger partial charge in [-0.05, 0) is 251 Å². The Morgan fingerprint density at radius 1 is 0.304 bits per heavy atom. The Morgan fingerprint density at radius 3 is 0.989 bits per heavy atom. The SMILES string of the molecule is Cc1cc(C)c(-c2ccc3[n-]c4nc(-c5c(C)cc(C)cc5C)ccc4c3c2)c(C)c1.Cc1cc(C)c(-c2ccc3[n-]c4nc(-c5c(C)cc(C)cc5C)ccc4c3c2)c(C)c1.[Pt+2].[Pt+2].[c-]1cccc2ccc3cccnc3c12.[c-]1cccc2ccc3cccnc3c12. The fourth-order valence-electron chi connectivity index (χ4n) is 13.9. The second-order valence-corrected chi connectivity index (χ2v) is 24.5. The number of aryl methyl sites for hydroxylation is 12. The molecule has 0 spiro atoms. The van der Waals surface area contributed by atoms with Crippen molar-refractivity contribution in [2.24, 2.45) is 0 Å². The van der Waals surface area contributed by atoms with Gasteiger partial charge in [0, 0.05) is 12.4 Å². The summed E-state index contributed by atoms with van der Waals surface area (Å²) in [5, 5.41) is 11.5. The number of pyridine rings is 4. The molecular weight excluding hydrogens is 1480 g/mol. The summed E-state index contributed by atoms with van der Waals surface area (Å²) in [5.74, 6) is 0. The Labute approximate surface area is 568 Å². The van der Waals surface area contributed by atoms with Gasteiger partial charge < -0.3 is 29.9 Å². The zero-order valence-electron chi connectivity index (χ0n) is 53.9. The van der Waals surface area contributed by atoms with E-state index in [1.165, 1.54) is 132 Å². The number of hydrogen-bond donors (Lipinski definition) is 0. The van der Waals surface area contributed by atoms with Crippen LogP contribution in [0.4, 0.5) is 0 Å². The summed E-state index contributed by atoms with van der Waals surface area (Å²) in [7, 11) is 0. The summed E-state index contributed by atoms with van der Waals surface area (Å²) < 4.78 is 0. The maximum Gasteiger partial charge on any atom is 2.00 e. The Hall–Kier alpha value is -9.18. The molecule has 0 aliphatic rings. The Bertz CT molecular complexity index is 4940. The van der Waals surface area contributed by atoms with Gasteiger partial charge in [-0.3, -0.25) is 0 Å². The molecule has 456 valence electrons. The predicted octanol–water partition coefficient (Wildman–Crippen LogP) is 21.4. The van der Waals surface area contributed by atoms with Crippen LogP contribution < -0.4 is 9.97 Å². The average molecular weight is 1550 g/mol. The normalized spacial score (nSPS) is 11.1. The molecule has 0 bridgehead atoms. The molecule has 92 heavy (non-hydrogen) atoms. The fraction of sp³-hybridized carbons (Fsp3) is 0.143. The second kappa shape index (κ2) is 26.9. The van der Waals surface area contributed by atoms with E-state index < -0.39 is 0 Å². The molecule has 0 saturated carbocycles. The van der Waals surface area contributed by atoms with Gasteiger partial charge in [-0.15, -0.1) is 70.1 Å². The van der Waals surface area contributed by atoms with Crippen molar-refractivity contribution in [1.82, 2.24) is 29.9 Å². The third-order valence-corrected chi connectivity index (χ3v) is 17.4. The molecule has 0 N–H and O–H groups in total. The van der Waals surface area contributed by atoms with Crippen LogP contribution in [0.25, 0.3) is 132 Å². The number of nitrogens with zero attached hydrogens (tertiary/aromatic N) is 6. The van der Waals surface area contributed by atoms with Gasteiger partial charge in [0.25, 0.3) is 0 Å². The van der Waals surface area contributed by atoms with E-state index in [1.807, 2.05) is 48.8 Å². The first-order valence-electron chi connectivity index (χ1n) is 30.9. The van der Waals surface area contributed by atoms with Crippen LogP contribution in [0.1, 0.15) is 66.8 Å². The molecule has 0 amide bonds. The molecule has 6 aromatic heterocycles. The van der Waals surface area contributed by atoms with Gasteiger partial charge in [-0.2, -0.15) is 0 Å². The van der Waals surface area contributed by atoms with Crippen molar-refractivity contribution in [3.63, 3.8) is 0 Å². The number of hydrogen-bond acceptors (Lipinski definition) is 4. The molecule has 0 radical (unpaired) electrons. The first-order valence-corrected chi connectivity index (χ1v) is 30.9. The van der Waals surface area contributed by atoms with Gasteiger partial charge in [0.2, 0.25) is 0 Å². The largest absolute Gasteiger partial charge is 2.00 e. The molecule has 0 aliphatic heterocycles. The zero-order chi connectivity index (χ0) is 62.5. The third kappa shape index (κ3) is 12.8. The van der Waals surface area contributed by atoms with Crippen molar-refractivity contribution in [3.8, 4) is 44.8 Å². The molecule has 0 saturated heterocycles. The summed E-state index contributed by atoms with van der Waals surface area (Å²) in [6.07, 6.45) is 3.64. The average Bonchev–Trinajstić information content (AvgIpc) is 1.60. The minimum absolute atomic E-state index is 0. The van der Waals surface area contributed by atoms with Crippen molar-refractivity contribution in [2.45, 2.75) is 83.1 Å². The quantitative estimate of drug-likeness (QED) is 0.129. The van der Waals surface area contributed by atoms with Gasteiger partial charge in [0.1, 0.15) is 0 Å². The first-order chi connectivity index (χ1) is 43.5. The van der Waals surface area contributed by atoms with Crippen molar-refractivity contribution in [1.29, 1.82) is 0 Å². The van der Waals surface area contributed by atoms with Gasteiger partial charge in [0.15, 0.2) is 0 Å². The Kier molecular flexibility index (Phi) is 18.8. The minimum atomic E-state index is 0. The number of rotatable bonds is 4. The molecule has 6 nitrogen and oxygen atoms in total. The molecule has 0 atom stereocenters. The molecule has 6 heterocycles. The van der Waals surface area contributed by atoms with Gasteiger partial charge in [-0.25, -0.2) is 0 Å². The van der Waals surface area contributed by atoms with E-state index in [0.29, 0.717) is 0 Å². The number of benzene rings is 10. The van der Waals surface area contributed by atoms with Crippen LogP contribution >= 0.6 is 0 Å². The molecular formula is C84H70N6Pt2. The van der Waals surface area contributed by atoms with Crippen molar-refractivity contribution < 1.29 is 42.1 Å². The zero-order valence-corrected chi connectivity index (χ0v) is 58.5. The van der Waals surface area contributed by atoms with E-state index in [-0.39, 0.29) is 42.1 Å². The number of aromatic nitrogens is 6. The molecule has 0 aliphatic carbocycles. The van der Waals surface area contributed by atoms with Crippen molar-refractivity contribution in [3.05, 3.63) is 285 Å². The van der Waals surface area contributed by atoms with Gasteiger partial charge in [0.05, 0.1) is 0 Å². The van der Waals surface area contributed by atoms with Crippen LogP contribution in [0.2, 0.25) is 0 Å². The first kappa shape index (κ1) is 64.4. The van der Waals surface area contributed by atoms with E-state index in [9.17, 15) is 0 Å². The smallest absolute Gasteiger partial charge is 0.435 e. The summed E-state index contributed by atoms with van der Waals surface area (Å²) >= 11 is 0. The summed E-state index contributed by atoms with van der Waals surface area (Å²) in [6.45, 7) is 26.0. The molecule has 10 aromatic carbocycles. The third-order valence-electron chi connectivity index (χ3n) is 17.4. The second-order valence-electron chi connectivity index (χ2n) is 24.5. The molecule has 8 heteroatoms. The van der Waals surface area contributed by atoms with Crippen LogP contribution in [0.5, 0.6) is 0 Å². The summed E-state index contributed by atoms with van der Waals surface area (Å²) in [5.41, 5.74) is 30.7. The summed E-state index contributed by atoms with van der Waals surface area (Å²) in [6, 6.07) is 74.7. The molecule has 16 rings (SSSR count). The van der Waals surface area contributed by atoms with Crippen LogP contribution in [-0.2, 0) is 42.1 Å². The van der Waals surface area contributed by atoms with E-state index in [0.717, 1.165) is 66.3 Å². The van der Waals surface area contributed by atoms with Crippen LogP contribution in [-0.4, -0.2) is 19.9 Å². The van der Waals surface area contributed by atoms with E-state index in [2.05, 4.69) is 263 Å². The van der Waals surface area contributed by atoms with Gasteiger partial charge in [-0.1, -0.05) is 167 Å². The number of fused-ring (bicyclic) bond motifs is 12. The standard InChI is InChI=1S/2C29H27N2.2C13H8N.2Pt/c2*1-16-11-18(3)27(19(4)12-16)22-7-9-25-24(15-22)23-8-10-26(31-29(23)30-25)28-20(5)13-17(2)14-21(28)6;2*1-2-6-12-10(4-1)7-8-11-5-3-9-14-13(11)12;;/h2*7-15H,1-6H3;2*1-5,7-9H;;/q4*-1;2*+2. The van der Waals surface area contributed by atoms with Gasteiger partial charge >= 0.3 is 42.1 Å². The molecule has 0 unspecified atom stereocenters. The Balaban J connectivity index is 0.000000132. The summed E-state index contributed by atoms with van der Waals surface area (Å²) in [4.78, 5) is 28.4. The maximum atomic E-state index is 4.97. The topological polar surface area (TPSA) is 79.8 Å². The van der Waals surface area contributed by atoms with E-state index >= 15 is 0 Å². The van der Waals surface area contributed by atoms with Crippen LogP contribution in [0, 0.1) is 95.2 Å². The van der Waals surface area contributed by atoms with E-state index in [1.54, 1.807) is 0 Å². The maximum absolute atomic E-state index is 4.97. The molecule has 0 fully saturated rings. The monoisotopic (exact) mass is 1550 g/mol.